The van der Waals surface area contributed by atoms with Gasteiger partial charge in [-0.25, -0.2) is 9.59 Å². The first-order chi connectivity index (χ1) is 12.5. The minimum atomic E-state index is -0.512. The molecule has 0 spiro atoms. The summed E-state index contributed by atoms with van der Waals surface area (Å²) in [6, 6.07) is 9.49. The van der Waals surface area contributed by atoms with Crippen LogP contribution < -0.4 is 0 Å². The summed E-state index contributed by atoms with van der Waals surface area (Å²) in [7, 11) is 2.57. The van der Waals surface area contributed by atoms with E-state index in [-0.39, 0.29) is 21.2 Å². The molecule has 0 radical (unpaired) electrons. The molecular weight excluding hydrogens is 375 g/mol. The number of carbonyl (C=O) groups is 2. The maximum absolute atomic E-state index is 11.5. The van der Waals surface area contributed by atoms with Gasteiger partial charge in [0.25, 0.3) is 0 Å². The van der Waals surface area contributed by atoms with Gasteiger partial charge in [0, 0.05) is 11.1 Å². The van der Waals surface area contributed by atoms with Crippen LogP contribution in [0.2, 0.25) is 10.0 Å². The van der Waals surface area contributed by atoms with E-state index < -0.39 is 11.9 Å². The second kappa shape index (κ2) is 8.97. The molecule has 0 heterocycles. The lowest BCUT2D eigenvalue weighted by atomic mass is 10.1. The zero-order chi connectivity index (χ0) is 19.1. The standard InChI is InChI=1S/C20H12Cl2O4/c1-25-19(23)15-9-7-13(11-17(15)21)5-3-4-6-14-8-10-16(18(22)12-14)20(24)26-2/h7-12H,1-2H3. The summed E-state index contributed by atoms with van der Waals surface area (Å²) < 4.78 is 9.25. The Hall–Kier alpha value is -2.92. The highest BCUT2D eigenvalue weighted by Gasteiger charge is 2.10. The normalized spacial score (nSPS) is 9.23. The molecular formula is C20H12Cl2O4. The van der Waals surface area contributed by atoms with Crippen molar-refractivity contribution in [1.82, 2.24) is 0 Å². The number of rotatable bonds is 2. The molecule has 0 saturated carbocycles. The Labute approximate surface area is 161 Å². The zero-order valence-corrected chi connectivity index (χ0v) is 15.4. The van der Waals surface area contributed by atoms with E-state index in [2.05, 4.69) is 33.2 Å². The van der Waals surface area contributed by atoms with Gasteiger partial charge in [-0.15, -0.1) is 0 Å². The third-order valence-corrected chi connectivity index (χ3v) is 3.85. The van der Waals surface area contributed by atoms with Gasteiger partial charge in [-0.3, -0.25) is 0 Å². The monoisotopic (exact) mass is 386 g/mol. The van der Waals surface area contributed by atoms with Crippen molar-refractivity contribution in [3.05, 3.63) is 68.7 Å². The fraction of sp³-hybridized carbons (Fsp3) is 0.100. The van der Waals surface area contributed by atoms with Crippen molar-refractivity contribution in [3.63, 3.8) is 0 Å². The fourth-order valence-corrected chi connectivity index (χ4v) is 2.46. The van der Waals surface area contributed by atoms with Gasteiger partial charge < -0.3 is 9.47 Å². The van der Waals surface area contributed by atoms with E-state index in [0.29, 0.717) is 11.1 Å². The van der Waals surface area contributed by atoms with Gasteiger partial charge >= 0.3 is 11.9 Å². The van der Waals surface area contributed by atoms with Crippen LogP contribution in [0.15, 0.2) is 36.4 Å². The minimum absolute atomic E-state index is 0.252. The summed E-state index contributed by atoms with van der Waals surface area (Å²) in [4.78, 5) is 22.9. The first kappa shape index (κ1) is 19.4. The van der Waals surface area contributed by atoms with Gasteiger partial charge in [-0.05, 0) is 48.2 Å². The van der Waals surface area contributed by atoms with Gasteiger partial charge in [-0.1, -0.05) is 35.0 Å². The lowest BCUT2D eigenvalue weighted by Crippen LogP contribution is -2.01. The maximum Gasteiger partial charge on any atom is 0.339 e. The Morgan fingerprint density at radius 1 is 0.769 bits per heavy atom. The van der Waals surface area contributed by atoms with E-state index >= 15 is 0 Å². The highest BCUT2D eigenvalue weighted by atomic mass is 35.5. The zero-order valence-electron chi connectivity index (χ0n) is 13.9. The Morgan fingerprint density at radius 2 is 1.15 bits per heavy atom. The van der Waals surface area contributed by atoms with Crippen LogP contribution in [-0.4, -0.2) is 26.2 Å². The number of hydrogen-bond acceptors (Lipinski definition) is 4. The molecule has 26 heavy (non-hydrogen) atoms. The van der Waals surface area contributed by atoms with Crippen molar-refractivity contribution < 1.29 is 19.1 Å². The lowest BCUT2D eigenvalue weighted by molar-refractivity contribution is 0.0592. The molecule has 2 aromatic carbocycles. The summed E-state index contributed by atoms with van der Waals surface area (Å²) in [5.74, 6) is 10.0. The van der Waals surface area contributed by atoms with Gasteiger partial charge in [-0.2, -0.15) is 0 Å². The predicted molar refractivity (Wildman–Crippen MR) is 99.3 cm³/mol. The topological polar surface area (TPSA) is 52.6 Å². The van der Waals surface area contributed by atoms with Crippen LogP contribution in [0.1, 0.15) is 31.8 Å². The molecule has 2 rings (SSSR count). The van der Waals surface area contributed by atoms with E-state index in [1.165, 1.54) is 26.4 Å². The van der Waals surface area contributed by atoms with E-state index in [0.717, 1.165) is 0 Å². The van der Waals surface area contributed by atoms with Crippen molar-refractivity contribution in [3.8, 4) is 23.7 Å². The second-order valence-electron chi connectivity index (χ2n) is 4.87. The third-order valence-electron chi connectivity index (χ3n) is 3.22. The smallest absolute Gasteiger partial charge is 0.339 e. The number of ether oxygens (including phenoxy) is 2. The molecule has 4 nitrogen and oxygen atoms in total. The second-order valence-corrected chi connectivity index (χ2v) is 5.69. The molecule has 0 aliphatic carbocycles. The molecule has 0 amide bonds. The van der Waals surface area contributed by atoms with E-state index in [1.807, 2.05) is 0 Å². The molecule has 0 atom stereocenters. The first-order valence-electron chi connectivity index (χ1n) is 7.24. The van der Waals surface area contributed by atoms with Crippen LogP contribution >= 0.6 is 23.2 Å². The van der Waals surface area contributed by atoms with Crippen LogP contribution in [-0.2, 0) is 9.47 Å². The van der Waals surface area contributed by atoms with Crippen molar-refractivity contribution in [1.29, 1.82) is 0 Å². The molecule has 0 N–H and O–H groups in total. The van der Waals surface area contributed by atoms with E-state index in [4.69, 9.17) is 23.2 Å². The molecule has 0 aliphatic heterocycles. The average molecular weight is 387 g/mol. The highest BCUT2D eigenvalue weighted by molar-refractivity contribution is 6.34. The molecule has 0 aromatic heterocycles. The highest BCUT2D eigenvalue weighted by Crippen LogP contribution is 2.19. The Kier molecular flexibility index (Phi) is 6.69. The summed E-state index contributed by atoms with van der Waals surface area (Å²) in [6.07, 6.45) is 0. The Morgan fingerprint density at radius 3 is 1.46 bits per heavy atom. The molecule has 2 aromatic rings. The average Bonchev–Trinajstić information content (AvgIpc) is 2.64. The molecule has 6 heteroatoms. The minimum Gasteiger partial charge on any atom is -0.465 e. The van der Waals surface area contributed by atoms with Crippen molar-refractivity contribution in [2.24, 2.45) is 0 Å². The quantitative estimate of drug-likeness (QED) is 0.578. The SMILES string of the molecule is COC(=O)c1ccc(C#CC#Cc2ccc(C(=O)OC)c(Cl)c2)cc1Cl. The molecule has 0 fully saturated rings. The summed E-state index contributed by atoms with van der Waals surface area (Å²) >= 11 is 12.0. The maximum atomic E-state index is 11.5. The first-order valence-corrected chi connectivity index (χ1v) is 7.99. The van der Waals surface area contributed by atoms with Crippen molar-refractivity contribution in [2.75, 3.05) is 14.2 Å². The molecule has 0 unspecified atom stereocenters. The Balaban J connectivity index is 2.16. The Bertz CT molecular complexity index is 907. The van der Waals surface area contributed by atoms with Crippen molar-refractivity contribution in [2.45, 2.75) is 0 Å². The molecule has 0 bridgehead atoms. The van der Waals surface area contributed by atoms with Crippen LogP contribution in [0.4, 0.5) is 0 Å². The number of carbonyl (C=O) groups excluding carboxylic acids is 2. The largest absolute Gasteiger partial charge is 0.465 e. The molecule has 0 saturated heterocycles. The molecule has 0 aliphatic rings. The van der Waals surface area contributed by atoms with Crippen LogP contribution in [0, 0.1) is 23.7 Å². The van der Waals surface area contributed by atoms with Crippen molar-refractivity contribution >= 4 is 35.1 Å². The number of esters is 2. The van der Waals surface area contributed by atoms with Gasteiger partial charge in [0.05, 0.1) is 35.4 Å². The number of methoxy groups -OCH3 is 2. The van der Waals surface area contributed by atoms with Crippen LogP contribution in [0.25, 0.3) is 0 Å². The number of hydrogen-bond donors (Lipinski definition) is 0. The fourth-order valence-electron chi connectivity index (χ4n) is 1.94. The van der Waals surface area contributed by atoms with Crippen LogP contribution in [0.5, 0.6) is 0 Å². The predicted octanol–water partition coefficient (Wildman–Crippen LogP) is 3.97. The van der Waals surface area contributed by atoms with E-state index in [1.54, 1.807) is 24.3 Å². The van der Waals surface area contributed by atoms with E-state index in [9.17, 15) is 9.59 Å². The number of halogens is 2. The summed E-state index contributed by atoms with van der Waals surface area (Å²) in [6.45, 7) is 0. The molecule has 130 valence electrons. The van der Waals surface area contributed by atoms with Gasteiger partial charge in [0.1, 0.15) is 0 Å². The van der Waals surface area contributed by atoms with Crippen LogP contribution in [0.3, 0.4) is 0 Å². The summed E-state index contributed by atoms with van der Waals surface area (Å²) in [5, 5.41) is 0.503. The third kappa shape index (κ3) is 4.80. The number of benzene rings is 2. The lowest BCUT2D eigenvalue weighted by Gasteiger charge is -2.01. The van der Waals surface area contributed by atoms with Gasteiger partial charge in [0.15, 0.2) is 0 Å². The summed E-state index contributed by atoms with van der Waals surface area (Å²) in [5.41, 5.74) is 1.75. The van der Waals surface area contributed by atoms with Gasteiger partial charge in [0.2, 0.25) is 0 Å².